The fraction of sp³-hybridized carbons (Fsp3) is 0.368. The van der Waals surface area contributed by atoms with Crippen LogP contribution in [-0.4, -0.2) is 37.3 Å². The predicted octanol–water partition coefficient (Wildman–Crippen LogP) is 4.34. The van der Waals surface area contributed by atoms with Crippen LogP contribution in [0.1, 0.15) is 16.7 Å². The molecule has 0 aliphatic rings. The second-order valence-electron chi connectivity index (χ2n) is 6.02. The summed E-state index contributed by atoms with van der Waals surface area (Å²) < 4.78 is 41.1. The first kappa shape index (κ1) is 25.4. The molecule has 0 atom stereocenters. The van der Waals surface area contributed by atoms with Crippen molar-refractivity contribution in [3.8, 4) is 0 Å². The topological polar surface area (TPSA) is 58.5 Å². The summed E-state index contributed by atoms with van der Waals surface area (Å²) >= 11 is 5.76. The average Bonchev–Trinajstić information content (AvgIpc) is 2.65. The highest BCUT2D eigenvalue weighted by Gasteiger charge is 2.27. The number of ether oxygens (including phenoxy) is 1. The van der Waals surface area contributed by atoms with Gasteiger partial charge < -0.3 is 15.4 Å². The van der Waals surface area contributed by atoms with Gasteiger partial charge >= 0.3 is 6.18 Å². The maximum atomic E-state index is 12.1. The number of aliphatic imine (C=N–C) groups is 1. The summed E-state index contributed by atoms with van der Waals surface area (Å²) in [6, 6.07) is 10.9. The van der Waals surface area contributed by atoms with Crippen LogP contribution in [0.2, 0.25) is 5.15 Å². The van der Waals surface area contributed by atoms with E-state index in [9.17, 15) is 13.2 Å². The number of hydrogen-bond acceptors (Lipinski definition) is 3. The number of guanidine groups is 1. The van der Waals surface area contributed by atoms with E-state index in [1.54, 1.807) is 37.5 Å². The molecule has 160 valence electrons. The lowest BCUT2D eigenvalue weighted by molar-refractivity contribution is -0.176. The van der Waals surface area contributed by atoms with Gasteiger partial charge in [0.05, 0.1) is 6.61 Å². The van der Waals surface area contributed by atoms with Crippen molar-refractivity contribution < 1.29 is 17.9 Å². The van der Waals surface area contributed by atoms with E-state index in [0.29, 0.717) is 29.8 Å². The quantitative estimate of drug-likeness (QED) is 0.226. The number of rotatable bonds is 8. The van der Waals surface area contributed by atoms with Crippen LogP contribution in [0, 0.1) is 0 Å². The molecule has 2 N–H and O–H groups in total. The fourth-order valence-electron chi connectivity index (χ4n) is 2.40. The summed E-state index contributed by atoms with van der Waals surface area (Å²) in [5.74, 6) is 0.626. The number of aromatic nitrogens is 1. The van der Waals surface area contributed by atoms with Crippen molar-refractivity contribution in [2.45, 2.75) is 25.7 Å². The van der Waals surface area contributed by atoms with Crippen molar-refractivity contribution in [3.63, 3.8) is 0 Å². The van der Waals surface area contributed by atoms with Crippen molar-refractivity contribution in [2.75, 3.05) is 20.2 Å². The molecule has 5 nitrogen and oxygen atoms in total. The van der Waals surface area contributed by atoms with E-state index in [1.165, 1.54) is 0 Å². The van der Waals surface area contributed by atoms with E-state index in [1.807, 2.05) is 12.1 Å². The highest BCUT2D eigenvalue weighted by Crippen LogP contribution is 2.16. The molecule has 29 heavy (non-hydrogen) atoms. The average molecular weight is 543 g/mol. The second kappa shape index (κ2) is 12.9. The molecule has 0 bridgehead atoms. The standard InChI is InChI=1S/C19H22ClF3N4O.HI/c1-24-18(25-8-7-14-5-6-17(20)26-10-14)27-11-15-3-2-4-16(9-15)12-28-13-19(21,22)23;/h2-6,9-10H,7-8,11-13H2,1H3,(H2,24,25,27);1H. The van der Waals surface area contributed by atoms with Gasteiger partial charge in [-0.25, -0.2) is 4.98 Å². The number of benzene rings is 1. The third-order valence-electron chi connectivity index (χ3n) is 3.70. The summed E-state index contributed by atoms with van der Waals surface area (Å²) in [6.45, 7) is -0.200. The van der Waals surface area contributed by atoms with Gasteiger partial charge in [0.25, 0.3) is 0 Å². The van der Waals surface area contributed by atoms with Crippen molar-refractivity contribution in [2.24, 2.45) is 4.99 Å². The smallest absolute Gasteiger partial charge is 0.367 e. The van der Waals surface area contributed by atoms with E-state index in [2.05, 4.69) is 20.6 Å². The molecule has 0 spiro atoms. The summed E-state index contributed by atoms with van der Waals surface area (Å²) in [5.41, 5.74) is 2.65. The summed E-state index contributed by atoms with van der Waals surface area (Å²) in [5, 5.41) is 6.83. The molecule has 0 saturated heterocycles. The second-order valence-corrected chi connectivity index (χ2v) is 6.41. The Hall–Kier alpha value is -1.59. The third kappa shape index (κ3) is 10.7. The summed E-state index contributed by atoms with van der Waals surface area (Å²) in [6.07, 6.45) is -1.83. The maximum absolute atomic E-state index is 12.1. The molecule has 0 saturated carbocycles. The van der Waals surface area contributed by atoms with E-state index >= 15 is 0 Å². The zero-order chi connectivity index (χ0) is 20.4. The Morgan fingerprint density at radius 3 is 2.55 bits per heavy atom. The van der Waals surface area contributed by atoms with Gasteiger partial charge in [0.15, 0.2) is 5.96 Å². The molecule has 1 heterocycles. The lowest BCUT2D eigenvalue weighted by Gasteiger charge is -2.13. The minimum atomic E-state index is -4.32. The largest absolute Gasteiger partial charge is 0.411 e. The molecule has 0 fully saturated rings. The Bertz CT molecular complexity index is 773. The third-order valence-corrected chi connectivity index (χ3v) is 3.93. The molecular formula is C19H23ClF3IN4O. The van der Waals surface area contributed by atoms with Crippen molar-refractivity contribution >= 4 is 41.5 Å². The Morgan fingerprint density at radius 2 is 1.90 bits per heavy atom. The minimum Gasteiger partial charge on any atom is -0.367 e. The van der Waals surface area contributed by atoms with Crippen molar-refractivity contribution in [3.05, 3.63) is 64.4 Å². The molecule has 0 aliphatic carbocycles. The van der Waals surface area contributed by atoms with E-state index < -0.39 is 12.8 Å². The molecule has 0 aliphatic heterocycles. The molecule has 1 aromatic heterocycles. The van der Waals surface area contributed by atoms with Gasteiger partial charge in [0.2, 0.25) is 0 Å². The molecule has 1 aromatic carbocycles. The van der Waals surface area contributed by atoms with Crippen LogP contribution in [0.4, 0.5) is 13.2 Å². The number of halogens is 5. The van der Waals surface area contributed by atoms with Crippen LogP contribution >= 0.6 is 35.6 Å². The van der Waals surface area contributed by atoms with Crippen LogP contribution in [0.3, 0.4) is 0 Å². The van der Waals surface area contributed by atoms with Gasteiger partial charge in [-0.1, -0.05) is 41.9 Å². The van der Waals surface area contributed by atoms with Gasteiger partial charge in [0.1, 0.15) is 11.8 Å². The first-order chi connectivity index (χ1) is 13.4. The van der Waals surface area contributed by atoms with Gasteiger partial charge in [-0.15, -0.1) is 24.0 Å². The predicted molar refractivity (Wildman–Crippen MR) is 119 cm³/mol. The van der Waals surface area contributed by atoms with Crippen LogP contribution in [0.25, 0.3) is 0 Å². The Labute approximate surface area is 190 Å². The van der Waals surface area contributed by atoms with Crippen LogP contribution in [0.15, 0.2) is 47.6 Å². The minimum absolute atomic E-state index is 0. The van der Waals surface area contributed by atoms with Crippen molar-refractivity contribution in [1.29, 1.82) is 0 Å². The van der Waals surface area contributed by atoms with Gasteiger partial charge in [-0.05, 0) is 29.2 Å². The molecule has 2 rings (SSSR count). The van der Waals surface area contributed by atoms with Crippen LogP contribution < -0.4 is 10.6 Å². The van der Waals surface area contributed by atoms with Gasteiger partial charge in [0, 0.05) is 26.3 Å². The SMILES string of the molecule is CN=C(NCCc1ccc(Cl)nc1)NCc1cccc(COCC(F)(F)F)c1.I. The summed E-state index contributed by atoms with van der Waals surface area (Å²) in [7, 11) is 1.67. The lowest BCUT2D eigenvalue weighted by atomic mass is 10.1. The molecule has 10 heteroatoms. The van der Waals surface area contributed by atoms with Gasteiger partial charge in [-0.2, -0.15) is 13.2 Å². The molecule has 0 amide bonds. The molecule has 2 aromatic rings. The first-order valence-electron chi connectivity index (χ1n) is 8.63. The van der Waals surface area contributed by atoms with Gasteiger partial charge in [-0.3, -0.25) is 4.99 Å². The van der Waals surface area contributed by atoms with E-state index in [4.69, 9.17) is 16.3 Å². The first-order valence-corrected chi connectivity index (χ1v) is 9.01. The number of pyridine rings is 1. The molecule has 0 unspecified atom stereocenters. The fourth-order valence-corrected chi connectivity index (χ4v) is 2.51. The zero-order valence-corrected chi connectivity index (χ0v) is 18.9. The Morgan fingerprint density at radius 1 is 1.14 bits per heavy atom. The Kier molecular flexibility index (Phi) is 11.3. The van der Waals surface area contributed by atoms with E-state index in [0.717, 1.165) is 17.5 Å². The number of nitrogens with one attached hydrogen (secondary N) is 2. The monoisotopic (exact) mass is 542 g/mol. The highest BCUT2D eigenvalue weighted by molar-refractivity contribution is 14.0. The van der Waals surface area contributed by atoms with Crippen LogP contribution in [0.5, 0.6) is 0 Å². The summed E-state index contributed by atoms with van der Waals surface area (Å²) in [4.78, 5) is 8.19. The lowest BCUT2D eigenvalue weighted by Crippen LogP contribution is -2.37. The zero-order valence-electron chi connectivity index (χ0n) is 15.8. The molecule has 0 radical (unpaired) electrons. The molecular weight excluding hydrogens is 520 g/mol. The van der Waals surface area contributed by atoms with Crippen LogP contribution in [-0.2, 0) is 24.3 Å². The normalized spacial score (nSPS) is 11.7. The number of alkyl halides is 3. The number of hydrogen-bond donors (Lipinski definition) is 2. The maximum Gasteiger partial charge on any atom is 0.411 e. The number of nitrogens with zero attached hydrogens (tertiary/aromatic N) is 2. The van der Waals surface area contributed by atoms with Crippen molar-refractivity contribution in [1.82, 2.24) is 15.6 Å². The Balaban J connectivity index is 0.00000420. The van der Waals surface area contributed by atoms with E-state index in [-0.39, 0.29) is 30.6 Å². The highest BCUT2D eigenvalue weighted by atomic mass is 127.